The first-order chi connectivity index (χ1) is 7.81. The Morgan fingerprint density at radius 3 is 2.69 bits per heavy atom. The number of hydrogen-bond acceptors (Lipinski definition) is 3. The molecule has 1 aromatic carbocycles. The van der Waals surface area contributed by atoms with Crippen LogP contribution in [0.15, 0.2) is 30.4 Å². The summed E-state index contributed by atoms with van der Waals surface area (Å²) in [7, 11) is 1.65. The lowest BCUT2D eigenvalue weighted by molar-refractivity contribution is 0.326. The molecule has 0 fully saturated rings. The highest BCUT2D eigenvalue weighted by molar-refractivity contribution is 5.43. The van der Waals surface area contributed by atoms with Gasteiger partial charge in [0.15, 0.2) is 11.5 Å². The average molecular weight is 221 g/mol. The van der Waals surface area contributed by atoms with Crippen molar-refractivity contribution in [3.8, 4) is 11.5 Å². The highest BCUT2D eigenvalue weighted by Crippen LogP contribution is 2.28. The van der Waals surface area contributed by atoms with Crippen molar-refractivity contribution in [3.05, 3.63) is 35.9 Å². The van der Waals surface area contributed by atoms with Gasteiger partial charge in [0, 0.05) is 6.54 Å². The van der Waals surface area contributed by atoms with Crippen LogP contribution >= 0.6 is 0 Å². The molecular weight excluding hydrogens is 202 g/mol. The predicted molar refractivity (Wildman–Crippen MR) is 66.1 cm³/mol. The number of nitrogens with two attached hydrogens (primary N) is 1. The Labute approximate surface area is 96.9 Å². The molecule has 0 aliphatic carbocycles. The van der Waals surface area contributed by atoms with Crippen LogP contribution in [0, 0.1) is 0 Å². The van der Waals surface area contributed by atoms with E-state index in [1.54, 1.807) is 7.11 Å². The first kappa shape index (κ1) is 12.6. The lowest BCUT2D eigenvalue weighted by Gasteiger charge is -2.10. The molecule has 0 heterocycles. The Kier molecular flexibility index (Phi) is 5.43. The summed E-state index contributed by atoms with van der Waals surface area (Å²) in [5, 5.41) is 0. The third-order valence-corrected chi connectivity index (χ3v) is 2.27. The van der Waals surface area contributed by atoms with Crippen LogP contribution in [0.25, 0.3) is 0 Å². The number of benzene rings is 1. The van der Waals surface area contributed by atoms with Crippen molar-refractivity contribution in [2.45, 2.75) is 13.3 Å². The van der Waals surface area contributed by atoms with Gasteiger partial charge in [-0.15, -0.1) is 0 Å². The second kappa shape index (κ2) is 6.90. The minimum absolute atomic E-state index is 0.513. The van der Waals surface area contributed by atoms with Gasteiger partial charge in [0.25, 0.3) is 0 Å². The molecule has 0 aromatic heterocycles. The summed E-state index contributed by atoms with van der Waals surface area (Å²) in [4.78, 5) is 0. The SMILES string of the molecule is CCc1ccc(OC/C=C/CN)c(OC)c1. The van der Waals surface area contributed by atoms with Gasteiger partial charge in [0.2, 0.25) is 0 Å². The number of hydrogen-bond donors (Lipinski definition) is 1. The molecule has 0 bridgehead atoms. The number of rotatable bonds is 6. The third-order valence-electron chi connectivity index (χ3n) is 2.27. The van der Waals surface area contributed by atoms with E-state index >= 15 is 0 Å². The molecule has 88 valence electrons. The molecular formula is C13H19NO2. The highest BCUT2D eigenvalue weighted by atomic mass is 16.5. The number of methoxy groups -OCH3 is 1. The largest absolute Gasteiger partial charge is 0.493 e. The molecule has 1 rings (SSSR count). The Hall–Kier alpha value is -1.48. The fraction of sp³-hybridized carbons (Fsp3) is 0.385. The van der Waals surface area contributed by atoms with Gasteiger partial charge in [0.1, 0.15) is 6.61 Å². The first-order valence-electron chi connectivity index (χ1n) is 5.46. The molecule has 0 aliphatic heterocycles. The van der Waals surface area contributed by atoms with Gasteiger partial charge in [-0.2, -0.15) is 0 Å². The Morgan fingerprint density at radius 1 is 1.25 bits per heavy atom. The zero-order valence-electron chi connectivity index (χ0n) is 9.90. The molecule has 3 nitrogen and oxygen atoms in total. The van der Waals surface area contributed by atoms with Gasteiger partial charge in [-0.1, -0.05) is 25.1 Å². The lowest BCUT2D eigenvalue weighted by atomic mass is 10.1. The lowest BCUT2D eigenvalue weighted by Crippen LogP contribution is -1.99. The van der Waals surface area contributed by atoms with Gasteiger partial charge in [-0.25, -0.2) is 0 Å². The van der Waals surface area contributed by atoms with Crippen LogP contribution in [-0.4, -0.2) is 20.3 Å². The van der Waals surface area contributed by atoms with Crippen molar-refractivity contribution in [2.24, 2.45) is 5.73 Å². The molecule has 1 aromatic rings. The summed E-state index contributed by atoms with van der Waals surface area (Å²) < 4.78 is 10.8. The number of aryl methyl sites for hydroxylation is 1. The smallest absolute Gasteiger partial charge is 0.161 e. The summed E-state index contributed by atoms with van der Waals surface area (Å²) in [6.07, 6.45) is 4.75. The van der Waals surface area contributed by atoms with E-state index in [1.807, 2.05) is 30.4 Å². The van der Waals surface area contributed by atoms with E-state index in [0.29, 0.717) is 13.2 Å². The van der Waals surface area contributed by atoms with Gasteiger partial charge in [-0.3, -0.25) is 0 Å². The number of ether oxygens (including phenoxy) is 2. The molecule has 0 spiro atoms. The van der Waals surface area contributed by atoms with Gasteiger partial charge in [-0.05, 0) is 24.1 Å². The van der Waals surface area contributed by atoms with E-state index < -0.39 is 0 Å². The third kappa shape index (κ3) is 3.59. The molecule has 0 saturated carbocycles. The van der Waals surface area contributed by atoms with Crippen LogP contribution in [-0.2, 0) is 6.42 Å². The van der Waals surface area contributed by atoms with Crippen LogP contribution in [0.5, 0.6) is 11.5 Å². The van der Waals surface area contributed by atoms with Crippen molar-refractivity contribution < 1.29 is 9.47 Å². The summed E-state index contributed by atoms with van der Waals surface area (Å²) in [6.45, 7) is 3.16. The summed E-state index contributed by atoms with van der Waals surface area (Å²) >= 11 is 0. The standard InChI is InChI=1S/C13H19NO2/c1-3-11-6-7-12(13(10-11)15-2)16-9-5-4-8-14/h4-7,10H,3,8-9,14H2,1-2H3/b5-4+. The molecule has 3 heteroatoms. The molecule has 0 unspecified atom stereocenters. The molecule has 16 heavy (non-hydrogen) atoms. The van der Waals surface area contributed by atoms with Crippen LogP contribution in [0.2, 0.25) is 0 Å². The summed E-state index contributed by atoms with van der Waals surface area (Å²) in [5.41, 5.74) is 6.57. The zero-order valence-corrected chi connectivity index (χ0v) is 9.90. The summed E-state index contributed by atoms with van der Waals surface area (Å²) in [6, 6.07) is 5.99. The first-order valence-corrected chi connectivity index (χ1v) is 5.46. The molecule has 0 aliphatic rings. The van der Waals surface area contributed by atoms with E-state index in [9.17, 15) is 0 Å². The van der Waals surface area contributed by atoms with Crippen LogP contribution in [0.3, 0.4) is 0 Å². The Morgan fingerprint density at radius 2 is 2.06 bits per heavy atom. The van der Waals surface area contributed by atoms with Gasteiger partial charge < -0.3 is 15.2 Å². The van der Waals surface area contributed by atoms with Crippen molar-refractivity contribution in [2.75, 3.05) is 20.3 Å². The van der Waals surface area contributed by atoms with Gasteiger partial charge in [0.05, 0.1) is 7.11 Å². The van der Waals surface area contributed by atoms with E-state index in [0.717, 1.165) is 17.9 Å². The normalized spacial score (nSPS) is 10.7. The fourth-order valence-corrected chi connectivity index (χ4v) is 1.35. The topological polar surface area (TPSA) is 44.5 Å². The molecule has 2 N–H and O–H groups in total. The fourth-order valence-electron chi connectivity index (χ4n) is 1.35. The highest BCUT2D eigenvalue weighted by Gasteiger charge is 2.03. The Balaban J connectivity index is 2.68. The van der Waals surface area contributed by atoms with Crippen LogP contribution in [0.1, 0.15) is 12.5 Å². The maximum Gasteiger partial charge on any atom is 0.161 e. The minimum Gasteiger partial charge on any atom is -0.493 e. The quantitative estimate of drug-likeness (QED) is 0.749. The second-order valence-electron chi connectivity index (χ2n) is 3.36. The van der Waals surface area contributed by atoms with Crippen molar-refractivity contribution in [1.82, 2.24) is 0 Å². The average Bonchev–Trinajstić information content (AvgIpc) is 2.34. The van der Waals surface area contributed by atoms with Crippen molar-refractivity contribution >= 4 is 0 Å². The monoisotopic (exact) mass is 221 g/mol. The zero-order chi connectivity index (χ0) is 11.8. The van der Waals surface area contributed by atoms with E-state index in [1.165, 1.54) is 5.56 Å². The maximum absolute atomic E-state index is 5.56. The minimum atomic E-state index is 0.513. The maximum atomic E-state index is 5.56. The van der Waals surface area contributed by atoms with Crippen LogP contribution < -0.4 is 15.2 Å². The second-order valence-corrected chi connectivity index (χ2v) is 3.36. The Bertz CT molecular complexity index is 348. The van der Waals surface area contributed by atoms with Crippen molar-refractivity contribution in [1.29, 1.82) is 0 Å². The van der Waals surface area contributed by atoms with E-state index in [2.05, 4.69) is 6.92 Å². The molecule has 0 amide bonds. The van der Waals surface area contributed by atoms with Crippen LogP contribution in [0.4, 0.5) is 0 Å². The molecule has 0 saturated heterocycles. The molecule has 0 radical (unpaired) electrons. The van der Waals surface area contributed by atoms with Gasteiger partial charge >= 0.3 is 0 Å². The predicted octanol–water partition coefficient (Wildman–Crippen LogP) is 2.15. The van der Waals surface area contributed by atoms with E-state index in [-0.39, 0.29) is 0 Å². The van der Waals surface area contributed by atoms with Crippen molar-refractivity contribution in [3.63, 3.8) is 0 Å². The molecule has 0 atom stereocenters. The van der Waals surface area contributed by atoms with E-state index in [4.69, 9.17) is 15.2 Å². The summed E-state index contributed by atoms with van der Waals surface area (Å²) in [5.74, 6) is 1.54.